The van der Waals surface area contributed by atoms with E-state index in [2.05, 4.69) is 5.10 Å². The van der Waals surface area contributed by atoms with Crippen LogP contribution < -0.4 is 10.5 Å². The Morgan fingerprint density at radius 1 is 1.00 bits per heavy atom. The van der Waals surface area contributed by atoms with Gasteiger partial charge in [-0.15, -0.1) is 0 Å². The molecule has 0 radical (unpaired) electrons. The zero-order valence-electron chi connectivity index (χ0n) is 14.2. The minimum atomic E-state index is -0.249. The Balaban J connectivity index is 2.00. The molecular weight excluding hydrogens is 314 g/mol. The van der Waals surface area contributed by atoms with Gasteiger partial charge in [-0.05, 0) is 30.7 Å². The van der Waals surface area contributed by atoms with Crippen LogP contribution in [-0.2, 0) is 13.6 Å². The highest BCUT2D eigenvalue weighted by atomic mass is 16.2. The molecule has 1 amide bonds. The molecule has 0 saturated heterocycles. The highest BCUT2D eigenvalue weighted by Crippen LogP contribution is 2.20. The van der Waals surface area contributed by atoms with Gasteiger partial charge in [0.25, 0.3) is 11.5 Å². The third kappa shape index (κ3) is 3.83. The molecule has 0 aliphatic rings. The van der Waals surface area contributed by atoms with E-state index < -0.39 is 0 Å². The zero-order valence-corrected chi connectivity index (χ0v) is 14.2. The lowest BCUT2D eigenvalue weighted by atomic mass is 10.1. The number of benzene rings is 2. The molecule has 0 atom stereocenters. The molecule has 3 aromatic rings. The minimum Gasteiger partial charge on any atom is -0.303 e. The summed E-state index contributed by atoms with van der Waals surface area (Å²) in [7, 11) is 1.53. The van der Waals surface area contributed by atoms with Crippen molar-refractivity contribution in [3.63, 3.8) is 0 Å². The molecule has 2 aromatic carbocycles. The molecule has 0 N–H and O–H groups in total. The van der Waals surface area contributed by atoms with Gasteiger partial charge in [0.15, 0.2) is 0 Å². The van der Waals surface area contributed by atoms with Gasteiger partial charge in [-0.2, -0.15) is 5.10 Å². The van der Waals surface area contributed by atoms with Crippen LogP contribution in [0, 0.1) is 6.92 Å². The number of hydrogen-bond donors (Lipinski definition) is 0. The molecule has 0 fully saturated rings. The predicted molar refractivity (Wildman–Crippen MR) is 97.6 cm³/mol. The quantitative estimate of drug-likeness (QED) is 0.738. The van der Waals surface area contributed by atoms with E-state index in [9.17, 15) is 9.59 Å². The summed E-state index contributed by atoms with van der Waals surface area (Å²) >= 11 is 0. The third-order valence-corrected chi connectivity index (χ3v) is 3.95. The van der Waals surface area contributed by atoms with Gasteiger partial charge in [0.05, 0.1) is 6.54 Å². The lowest BCUT2D eigenvalue weighted by molar-refractivity contribution is 0.0978. The van der Waals surface area contributed by atoms with Gasteiger partial charge >= 0.3 is 0 Å². The SMILES string of the molecule is Cc1ccc(N(Cc2ccccc2)C(=O)c2ccc(=O)n(C)n2)cc1. The Morgan fingerprint density at radius 2 is 1.68 bits per heavy atom. The van der Waals surface area contributed by atoms with Crippen molar-refractivity contribution >= 4 is 11.6 Å². The maximum Gasteiger partial charge on any atom is 0.279 e. The number of rotatable bonds is 4. The normalized spacial score (nSPS) is 10.5. The van der Waals surface area contributed by atoms with Crippen LogP contribution in [0.2, 0.25) is 0 Å². The zero-order chi connectivity index (χ0) is 17.8. The number of aryl methyl sites for hydroxylation is 2. The fourth-order valence-electron chi connectivity index (χ4n) is 2.53. The van der Waals surface area contributed by atoms with Crippen LogP contribution in [0.5, 0.6) is 0 Å². The number of anilines is 1. The molecule has 1 heterocycles. The standard InChI is InChI=1S/C20H19N3O2/c1-15-8-10-17(11-9-15)23(14-16-6-4-3-5-7-16)20(25)18-12-13-19(24)22(2)21-18/h3-13H,14H2,1-2H3. The van der Waals surface area contributed by atoms with E-state index in [1.165, 1.54) is 23.9 Å². The van der Waals surface area contributed by atoms with Crippen molar-refractivity contribution in [2.75, 3.05) is 4.90 Å². The summed E-state index contributed by atoms with van der Waals surface area (Å²) in [6, 6.07) is 20.4. The first kappa shape index (κ1) is 16.6. The van der Waals surface area contributed by atoms with Crippen LogP contribution in [0.15, 0.2) is 71.5 Å². The van der Waals surface area contributed by atoms with E-state index in [0.29, 0.717) is 6.54 Å². The molecular formula is C20H19N3O2. The fourth-order valence-corrected chi connectivity index (χ4v) is 2.53. The van der Waals surface area contributed by atoms with Crippen molar-refractivity contribution in [2.45, 2.75) is 13.5 Å². The summed E-state index contributed by atoms with van der Waals surface area (Å²) in [5, 5.41) is 4.09. The van der Waals surface area contributed by atoms with Gasteiger partial charge in [-0.1, -0.05) is 48.0 Å². The number of hydrogen-bond acceptors (Lipinski definition) is 3. The molecule has 5 heteroatoms. The first-order chi connectivity index (χ1) is 12.0. The molecule has 126 valence electrons. The van der Waals surface area contributed by atoms with Crippen LogP contribution in [0.25, 0.3) is 0 Å². The summed E-state index contributed by atoms with van der Waals surface area (Å²) in [6.45, 7) is 2.43. The molecule has 0 bridgehead atoms. The lowest BCUT2D eigenvalue weighted by Gasteiger charge is -2.23. The predicted octanol–water partition coefficient (Wildman–Crippen LogP) is 2.94. The van der Waals surface area contributed by atoms with Gasteiger partial charge in [0, 0.05) is 18.8 Å². The second-order valence-electron chi connectivity index (χ2n) is 5.89. The summed E-state index contributed by atoms with van der Waals surface area (Å²) in [5.41, 5.74) is 2.91. The summed E-state index contributed by atoms with van der Waals surface area (Å²) in [5.74, 6) is -0.247. The molecule has 0 spiro atoms. The monoisotopic (exact) mass is 333 g/mol. The van der Waals surface area contributed by atoms with Gasteiger partial charge in [0.1, 0.15) is 5.69 Å². The Labute approximate surface area is 146 Å². The first-order valence-corrected chi connectivity index (χ1v) is 8.01. The molecule has 1 aromatic heterocycles. The van der Waals surface area contributed by atoms with Gasteiger partial charge in [-0.3, -0.25) is 9.59 Å². The van der Waals surface area contributed by atoms with Crippen molar-refractivity contribution in [1.29, 1.82) is 0 Å². The van der Waals surface area contributed by atoms with Crippen molar-refractivity contribution < 1.29 is 4.79 Å². The maximum atomic E-state index is 13.0. The average molecular weight is 333 g/mol. The Bertz CT molecular complexity index is 931. The van der Waals surface area contributed by atoms with Crippen molar-refractivity contribution in [3.05, 3.63) is 93.9 Å². The summed E-state index contributed by atoms with van der Waals surface area (Å²) in [4.78, 5) is 26.3. The van der Waals surface area contributed by atoms with Crippen LogP contribution in [0.1, 0.15) is 21.6 Å². The minimum absolute atomic E-state index is 0.235. The molecule has 25 heavy (non-hydrogen) atoms. The first-order valence-electron chi connectivity index (χ1n) is 8.01. The molecule has 0 unspecified atom stereocenters. The molecule has 5 nitrogen and oxygen atoms in total. The number of aromatic nitrogens is 2. The van der Waals surface area contributed by atoms with Crippen molar-refractivity contribution in [2.24, 2.45) is 7.05 Å². The van der Waals surface area contributed by atoms with Crippen LogP contribution in [-0.4, -0.2) is 15.7 Å². The third-order valence-electron chi connectivity index (χ3n) is 3.95. The largest absolute Gasteiger partial charge is 0.303 e. The number of carbonyl (C=O) groups is 1. The lowest BCUT2D eigenvalue weighted by Crippen LogP contribution is -2.33. The number of carbonyl (C=O) groups excluding carboxylic acids is 1. The van der Waals surface area contributed by atoms with E-state index in [-0.39, 0.29) is 17.2 Å². The number of amides is 1. The van der Waals surface area contributed by atoms with Gasteiger partial charge < -0.3 is 4.90 Å². The van der Waals surface area contributed by atoms with Gasteiger partial charge in [-0.25, -0.2) is 4.68 Å². The summed E-state index contributed by atoms with van der Waals surface area (Å²) < 4.78 is 1.17. The molecule has 0 saturated carbocycles. The van der Waals surface area contributed by atoms with Crippen LogP contribution in [0.4, 0.5) is 5.69 Å². The Hall–Kier alpha value is -3.21. The number of nitrogens with zero attached hydrogens (tertiary/aromatic N) is 3. The topological polar surface area (TPSA) is 55.2 Å². The molecule has 0 aliphatic heterocycles. The van der Waals surface area contributed by atoms with Crippen molar-refractivity contribution in [3.8, 4) is 0 Å². The second kappa shape index (κ2) is 7.13. The molecule has 0 aliphatic carbocycles. The maximum absolute atomic E-state index is 13.0. The van der Waals surface area contributed by atoms with E-state index in [1.807, 2.05) is 61.5 Å². The van der Waals surface area contributed by atoms with Crippen LogP contribution in [0.3, 0.4) is 0 Å². The summed E-state index contributed by atoms with van der Waals surface area (Å²) in [6.07, 6.45) is 0. The van der Waals surface area contributed by atoms with Crippen LogP contribution >= 0.6 is 0 Å². The second-order valence-corrected chi connectivity index (χ2v) is 5.89. The van der Waals surface area contributed by atoms with E-state index >= 15 is 0 Å². The smallest absolute Gasteiger partial charge is 0.279 e. The Morgan fingerprint density at radius 3 is 2.32 bits per heavy atom. The highest BCUT2D eigenvalue weighted by molar-refractivity contribution is 6.04. The van der Waals surface area contributed by atoms with E-state index in [0.717, 1.165) is 16.8 Å². The van der Waals surface area contributed by atoms with E-state index in [1.54, 1.807) is 4.90 Å². The van der Waals surface area contributed by atoms with E-state index in [4.69, 9.17) is 0 Å². The van der Waals surface area contributed by atoms with Crippen molar-refractivity contribution in [1.82, 2.24) is 9.78 Å². The van der Waals surface area contributed by atoms with Gasteiger partial charge in [0.2, 0.25) is 0 Å². The average Bonchev–Trinajstić information content (AvgIpc) is 2.63. The molecule has 3 rings (SSSR count). The highest BCUT2D eigenvalue weighted by Gasteiger charge is 2.20. The fraction of sp³-hybridized carbons (Fsp3) is 0.150. The Kier molecular flexibility index (Phi) is 4.75.